The summed E-state index contributed by atoms with van der Waals surface area (Å²) in [5.41, 5.74) is 0. The van der Waals surface area contributed by atoms with Crippen LogP contribution in [0.25, 0.3) is 0 Å². The molecule has 61 heavy (non-hydrogen) atoms. The van der Waals surface area contributed by atoms with E-state index in [9.17, 15) is 15.0 Å². The summed E-state index contributed by atoms with van der Waals surface area (Å²) in [7, 11) is 0. The molecule has 2 atom stereocenters. The average Bonchev–Trinajstić information content (AvgIpc) is 3.26. The first-order valence-corrected chi connectivity index (χ1v) is 28.7. The van der Waals surface area contributed by atoms with E-state index in [1.54, 1.807) is 0 Å². The van der Waals surface area contributed by atoms with Gasteiger partial charge in [-0.25, -0.2) is 0 Å². The monoisotopic (exact) mass is 862 g/mol. The Kier molecular flexibility index (Phi) is 53.2. The molecule has 1 amide bonds. The number of aliphatic hydroxyl groups excluding tert-OH is 2. The molecule has 0 aromatic carbocycles. The molecule has 366 valence electrons. The molecule has 0 fully saturated rings. The molecule has 2 unspecified atom stereocenters. The van der Waals surface area contributed by atoms with Crippen LogP contribution in [0, 0.1) is 0 Å². The predicted octanol–water partition coefficient (Wildman–Crippen LogP) is 18.8. The van der Waals surface area contributed by atoms with Crippen molar-refractivity contribution >= 4 is 5.91 Å². The van der Waals surface area contributed by atoms with E-state index in [4.69, 9.17) is 0 Å². The number of carbonyl (C=O) groups excluding carboxylic acids is 1. The van der Waals surface area contributed by atoms with Crippen molar-refractivity contribution in [2.75, 3.05) is 6.61 Å². The van der Waals surface area contributed by atoms with Crippen LogP contribution in [0.15, 0.2) is 0 Å². The van der Waals surface area contributed by atoms with Crippen molar-refractivity contribution < 1.29 is 15.0 Å². The Hall–Kier alpha value is -0.610. The lowest BCUT2D eigenvalue weighted by Crippen LogP contribution is -2.45. The maximum absolute atomic E-state index is 12.4. The summed E-state index contributed by atoms with van der Waals surface area (Å²) in [6.45, 7) is 4.39. The first-order chi connectivity index (χ1) is 30.2. The van der Waals surface area contributed by atoms with Gasteiger partial charge in [-0.2, -0.15) is 0 Å². The van der Waals surface area contributed by atoms with Crippen molar-refractivity contribution in [3.05, 3.63) is 0 Å². The maximum Gasteiger partial charge on any atom is 0.220 e. The molecule has 0 aliphatic carbocycles. The molecule has 0 radical (unpaired) electrons. The second-order valence-electron chi connectivity index (χ2n) is 20.1. The van der Waals surface area contributed by atoms with Gasteiger partial charge in [-0.05, 0) is 12.8 Å². The highest BCUT2D eigenvalue weighted by molar-refractivity contribution is 5.76. The lowest BCUT2D eigenvalue weighted by Gasteiger charge is -2.22. The lowest BCUT2D eigenvalue weighted by molar-refractivity contribution is -0.123. The molecule has 0 aromatic rings. The Bertz CT molecular complexity index is 803. The molecule has 0 bridgehead atoms. The first-order valence-electron chi connectivity index (χ1n) is 28.7. The Balaban J connectivity index is 3.31. The Labute approximate surface area is 384 Å². The maximum atomic E-state index is 12.4. The third-order valence-corrected chi connectivity index (χ3v) is 13.9. The third kappa shape index (κ3) is 50.3. The SMILES string of the molecule is CCCCCCCCCCCCCCCCCCCCCCCCCCCCCCCCCCCCCCCC(=O)NC(CO)C(O)CCCCCCCCCCCCCC. The number of hydrogen-bond acceptors (Lipinski definition) is 3. The van der Waals surface area contributed by atoms with Crippen molar-refractivity contribution in [3.63, 3.8) is 0 Å². The number of unbranched alkanes of at least 4 members (excludes halogenated alkanes) is 47. The van der Waals surface area contributed by atoms with E-state index >= 15 is 0 Å². The van der Waals surface area contributed by atoms with Gasteiger partial charge in [0.2, 0.25) is 5.91 Å². The van der Waals surface area contributed by atoms with Gasteiger partial charge in [0.05, 0.1) is 18.8 Å². The highest BCUT2D eigenvalue weighted by Crippen LogP contribution is 2.19. The molecule has 0 aliphatic heterocycles. The van der Waals surface area contributed by atoms with E-state index in [1.165, 1.54) is 289 Å². The first kappa shape index (κ1) is 60.4. The standard InChI is InChI=1S/C57H115NO3/c1-3-5-7-9-11-13-15-17-18-19-20-21-22-23-24-25-26-27-28-29-30-31-32-33-34-35-36-37-38-39-40-41-43-45-47-49-51-53-57(61)58-55(54-59)56(60)52-50-48-46-44-42-16-14-12-10-8-6-4-2/h55-56,59-60H,3-54H2,1-2H3,(H,58,61). The Morgan fingerprint density at radius 3 is 0.738 bits per heavy atom. The summed E-state index contributed by atoms with van der Waals surface area (Å²) < 4.78 is 0. The largest absolute Gasteiger partial charge is 0.394 e. The van der Waals surface area contributed by atoms with E-state index in [0.717, 1.165) is 25.7 Å². The van der Waals surface area contributed by atoms with Gasteiger partial charge in [-0.3, -0.25) is 4.79 Å². The van der Waals surface area contributed by atoms with Crippen molar-refractivity contribution in [3.8, 4) is 0 Å². The number of aliphatic hydroxyl groups is 2. The van der Waals surface area contributed by atoms with Gasteiger partial charge >= 0.3 is 0 Å². The van der Waals surface area contributed by atoms with Crippen LogP contribution >= 0.6 is 0 Å². The van der Waals surface area contributed by atoms with Crippen LogP contribution in [0.2, 0.25) is 0 Å². The van der Waals surface area contributed by atoms with Crippen LogP contribution in [0.3, 0.4) is 0 Å². The number of nitrogens with one attached hydrogen (secondary N) is 1. The van der Waals surface area contributed by atoms with E-state index in [2.05, 4.69) is 19.2 Å². The van der Waals surface area contributed by atoms with Gasteiger partial charge in [-0.15, -0.1) is 0 Å². The molecule has 0 spiro atoms. The predicted molar refractivity (Wildman–Crippen MR) is 272 cm³/mol. The number of rotatable bonds is 54. The fraction of sp³-hybridized carbons (Fsp3) is 0.982. The van der Waals surface area contributed by atoms with E-state index < -0.39 is 12.1 Å². The molecule has 0 rings (SSSR count). The van der Waals surface area contributed by atoms with Crippen LogP contribution < -0.4 is 5.32 Å². The molecule has 4 nitrogen and oxygen atoms in total. The molecule has 0 aromatic heterocycles. The van der Waals surface area contributed by atoms with E-state index in [0.29, 0.717) is 12.8 Å². The molecule has 0 saturated carbocycles. The summed E-state index contributed by atoms with van der Waals surface area (Å²) >= 11 is 0. The zero-order valence-corrected chi connectivity index (χ0v) is 42.2. The molecular weight excluding hydrogens is 747 g/mol. The molecular formula is C57H115NO3. The second-order valence-corrected chi connectivity index (χ2v) is 20.1. The molecule has 0 aliphatic rings. The Morgan fingerprint density at radius 1 is 0.328 bits per heavy atom. The highest BCUT2D eigenvalue weighted by Gasteiger charge is 2.20. The summed E-state index contributed by atoms with van der Waals surface area (Å²) in [6.07, 6.45) is 68.3. The van der Waals surface area contributed by atoms with Gasteiger partial charge in [0, 0.05) is 6.42 Å². The summed E-state index contributed by atoms with van der Waals surface area (Å²) in [6, 6.07) is -0.530. The van der Waals surface area contributed by atoms with Crippen molar-refractivity contribution in [1.29, 1.82) is 0 Å². The smallest absolute Gasteiger partial charge is 0.220 e. The Morgan fingerprint density at radius 2 is 0.525 bits per heavy atom. The summed E-state index contributed by atoms with van der Waals surface area (Å²) in [4.78, 5) is 12.4. The molecule has 0 saturated heterocycles. The van der Waals surface area contributed by atoms with E-state index in [1.807, 2.05) is 0 Å². The van der Waals surface area contributed by atoms with Gasteiger partial charge < -0.3 is 15.5 Å². The van der Waals surface area contributed by atoms with Crippen molar-refractivity contribution in [2.45, 2.75) is 353 Å². The minimum Gasteiger partial charge on any atom is -0.394 e. The zero-order valence-electron chi connectivity index (χ0n) is 42.2. The zero-order chi connectivity index (χ0) is 44.2. The summed E-state index contributed by atoms with van der Waals surface area (Å²) in [5.74, 6) is -0.0240. The topological polar surface area (TPSA) is 69.6 Å². The quantitative estimate of drug-likeness (QED) is 0.0534. The number of hydrogen-bond donors (Lipinski definition) is 3. The number of amides is 1. The van der Waals surface area contributed by atoms with Crippen LogP contribution in [-0.2, 0) is 4.79 Å². The van der Waals surface area contributed by atoms with Gasteiger partial charge in [-0.1, -0.05) is 322 Å². The van der Waals surface area contributed by atoms with Gasteiger partial charge in [0.15, 0.2) is 0 Å². The third-order valence-electron chi connectivity index (χ3n) is 13.9. The van der Waals surface area contributed by atoms with Crippen molar-refractivity contribution in [2.24, 2.45) is 0 Å². The van der Waals surface area contributed by atoms with Crippen LogP contribution in [0.4, 0.5) is 0 Å². The minimum absolute atomic E-state index is 0.0240. The normalized spacial score (nSPS) is 12.7. The average molecular weight is 863 g/mol. The van der Waals surface area contributed by atoms with Crippen LogP contribution in [-0.4, -0.2) is 34.9 Å². The number of carbonyl (C=O) groups is 1. The lowest BCUT2D eigenvalue weighted by atomic mass is 10.0. The molecule has 4 heteroatoms. The van der Waals surface area contributed by atoms with Gasteiger partial charge in [0.1, 0.15) is 0 Å². The minimum atomic E-state index is -0.653. The van der Waals surface area contributed by atoms with Crippen LogP contribution in [0.5, 0.6) is 0 Å². The fourth-order valence-electron chi connectivity index (χ4n) is 9.48. The fourth-order valence-corrected chi connectivity index (χ4v) is 9.48. The van der Waals surface area contributed by atoms with Crippen molar-refractivity contribution in [1.82, 2.24) is 5.32 Å². The molecule has 0 heterocycles. The van der Waals surface area contributed by atoms with Crippen LogP contribution in [0.1, 0.15) is 341 Å². The molecule has 3 N–H and O–H groups in total. The van der Waals surface area contributed by atoms with E-state index in [-0.39, 0.29) is 12.5 Å². The second kappa shape index (κ2) is 53.7. The highest BCUT2D eigenvalue weighted by atomic mass is 16.3. The summed E-state index contributed by atoms with van der Waals surface area (Å²) in [5, 5.41) is 23.2. The van der Waals surface area contributed by atoms with Gasteiger partial charge in [0.25, 0.3) is 0 Å².